The normalized spacial score (nSPS) is 14.4. The van der Waals surface area contributed by atoms with Crippen LogP contribution >= 0.6 is 23.4 Å². The summed E-state index contributed by atoms with van der Waals surface area (Å²) < 4.78 is 0. The lowest BCUT2D eigenvalue weighted by molar-refractivity contribution is 0.633. The molecule has 0 spiro atoms. The SMILES string of the molecule is CCC(N)C(Sc1ncc[nH]1)c1ccc(Cl)cc1. The molecule has 0 aliphatic rings. The van der Waals surface area contributed by atoms with E-state index in [9.17, 15) is 0 Å². The number of aromatic nitrogens is 2. The van der Waals surface area contributed by atoms with Crippen molar-refractivity contribution in [2.75, 3.05) is 0 Å². The molecule has 0 saturated heterocycles. The van der Waals surface area contributed by atoms with Gasteiger partial charge in [0.1, 0.15) is 0 Å². The fourth-order valence-corrected chi connectivity index (χ4v) is 2.99. The Morgan fingerprint density at radius 3 is 2.67 bits per heavy atom. The van der Waals surface area contributed by atoms with Gasteiger partial charge in [0.15, 0.2) is 5.16 Å². The second kappa shape index (κ2) is 6.27. The highest BCUT2D eigenvalue weighted by Gasteiger charge is 2.20. The first-order chi connectivity index (χ1) is 8.70. The third kappa shape index (κ3) is 3.28. The van der Waals surface area contributed by atoms with Crippen LogP contribution in [0.1, 0.15) is 24.2 Å². The molecule has 0 aliphatic heterocycles. The molecule has 0 saturated carbocycles. The van der Waals surface area contributed by atoms with Crippen LogP contribution in [0.3, 0.4) is 0 Å². The zero-order valence-electron chi connectivity index (χ0n) is 10.1. The molecular weight excluding hydrogens is 266 g/mol. The predicted octanol–water partition coefficient (Wildman–Crippen LogP) is 3.63. The topological polar surface area (TPSA) is 54.7 Å². The third-order valence-corrected chi connectivity index (χ3v) is 4.34. The molecule has 2 rings (SSSR count). The van der Waals surface area contributed by atoms with E-state index < -0.39 is 0 Å². The van der Waals surface area contributed by atoms with Crippen molar-refractivity contribution >= 4 is 23.4 Å². The number of hydrogen-bond acceptors (Lipinski definition) is 3. The number of H-pyrrole nitrogens is 1. The van der Waals surface area contributed by atoms with Gasteiger partial charge in [-0.2, -0.15) is 0 Å². The molecule has 1 heterocycles. The Morgan fingerprint density at radius 2 is 2.11 bits per heavy atom. The quantitative estimate of drug-likeness (QED) is 0.823. The molecule has 0 radical (unpaired) electrons. The first-order valence-corrected chi connectivity index (χ1v) is 7.13. The third-order valence-electron chi connectivity index (χ3n) is 2.77. The summed E-state index contributed by atoms with van der Waals surface area (Å²) in [6.45, 7) is 2.09. The Kier molecular flexibility index (Phi) is 4.69. The summed E-state index contributed by atoms with van der Waals surface area (Å²) in [5.41, 5.74) is 7.38. The zero-order valence-corrected chi connectivity index (χ0v) is 11.7. The van der Waals surface area contributed by atoms with Gasteiger partial charge >= 0.3 is 0 Å². The van der Waals surface area contributed by atoms with Crippen LogP contribution in [0.25, 0.3) is 0 Å². The highest BCUT2D eigenvalue weighted by molar-refractivity contribution is 7.99. The second-order valence-corrected chi connectivity index (χ2v) is 5.62. The lowest BCUT2D eigenvalue weighted by Crippen LogP contribution is -2.25. The Balaban J connectivity index is 2.22. The molecule has 2 unspecified atom stereocenters. The van der Waals surface area contributed by atoms with Crippen molar-refractivity contribution in [3.8, 4) is 0 Å². The number of imidazole rings is 1. The molecule has 18 heavy (non-hydrogen) atoms. The van der Waals surface area contributed by atoms with Gasteiger partial charge in [-0.15, -0.1) is 0 Å². The van der Waals surface area contributed by atoms with Gasteiger partial charge in [-0.3, -0.25) is 0 Å². The summed E-state index contributed by atoms with van der Waals surface area (Å²) in [6, 6.07) is 7.93. The zero-order chi connectivity index (χ0) is 13.0. The first-order valence-electron chi connectivity index (χ1n) is 5.87. The standard InChI is InChI=1S/C13H16ClN3S/c1-2-11(15)12(18-13-16-7-8-17-13)9-3-5-10(14)6-4-9/h3-8,11-12H,2,15H2,1H3,(H,16,17). The number of nitrogens with zero attached hydrogens (tertiary/aromatic N) is 1. The van der Waals surface area contributed by atoms with E-state index in [0.717, 1.165) is 16.6 Å². The minimum atomic E-state index is 0.0845. The number of rotatable bonds is 5. The molecule has 0 fully saturated rings. The predicted molar refractivity (Wildman–Crippen MR) is 76.9 cm³/mol. The number of halogens is 1. The maximum absolute atomic E-state index is 6.21. The molecule has 3 N–H and O–H groups in total. The molecular formula is C13H16ClN3S. The molecule has 2 atom stereocenters. The maximum Gasteiger partial charge on any atom is 0.165 e. The summed E-state index contributed by atoms with van der Waals surface area (Å²) in [5, 5.41) is 1.81. The number of thioether (sulfide) groups is 1. The fourth-order valence-electron chi connectivity index (χ4n) is 1.70. The van der Waals surface area contributed by atoms with Crippen molar-refractivity contribution < 1.29 is 0 Å². The van der Waals surface area contributed by atoms with Gasteiger partial charge in [0.05, 0.1) is 5.25 Å². The summed E-state index contributed by atoms with van der Waals surface area (Å²) >= 11 is 7.57. The van der Waals surface area contributed by atoms with Gasteiger partial charge in [-0.25, -0.2) is 4.98 Å². The van der Waals surface area contributed by atoms with Crippen LogP contribution < -0.4 is 5.73 Å². The van der Waals surface area contributed by atoms with E-state index in [0.29, 0.717) is 0 Å². The van der Waals surface area contributed by atoms with Crippen LogP contribution in [-0.2, 0) is 0 Å². The molecule has 5 heteroatoms. The highest BCUT2D eigenvalue weighted by Crippen LogP contribution is 2.36. The monoisotopic (exact) mass is 281 g/mol. The van der Waals surface area contributed by atoms with E-state index >= 15 is 0 Å². The maximum atomic E-state index is 6.21. The average Bonchev–Trinajstić information content (AvgIpc) is 2.89. The molecule has 1 aromatic heterocycles. The minimum absolute atomic E-state index is 0.0845. The van der Waals surface area contributed by atoms with Crippen molar-refractivity contribution in [2.24, 2.45) is 5.73 Å². The lowest BCUT2D eigenvalue weighted by Gasteiger charge is -2.21. The molecule has 3 nitrogen and oxygen atoms in total. The van der Waals surface area contributed by atoms with Crippen molar-refractivity contribution in [3.05, 3.63) is 47.2 Å². The molecule has 1 aromatic carbocycles. The Hall–Kier alpha value is -0.970. The molecule has 96 valence electrons. The molecule has 0 bridgehead atoms. The van der Waals surface area contributed by atoms with E-state index in [1.807, 2.05) is 30.5 Å². The van der Waals surface area contributed by atoms with Crippen LogP contribution in [0.5, 0.6) is 0 Å². The van der Waals surface area contributed by atoms with Crippen LogP contribution in [0.4, 0.5) is 0 Å². The Morgan fingerprint density at radius 1 is 1.39 bits per heavy atom. The van der Waals surface area contributed by atoms with E-state index in [-0.39, 0.29) is 11.3 Å². The number of nitrogens with two attached hydrogens (primary N) is 1. The Labute approximate surface area is 116 Å². The second-order valence-electron chi connectivity index (χ2n) is 4.06. The summed E-state index contributed by atoms with van der Waals surface area (Å²) in [7, 11) is 0. The molecule has 0 amide bonds. The minimum Gasteiger partial charge on any atom is -0.340 e. The summed E-state index contributed by atoms with van der Waals surface area (Å²) in [5.74, 6) is 0. The van der Waals surface area contributed by atoms with Gasteiger partial charge in [0.2, 0.25) is 0 Å². The van der Waals surface area contributed by atoms with E-state index in [1.165, 1.54) is 5.56 Å². The smallest absolute Gasteiger partial charge is 0.165 e. The lowest BCUT2D eigenvalue weighted by atomic mass is 10.0. The van der Waals surface area contributed by atoms with Crippen molar-refractivity contribution in [1.82, 2.24) is 9.97 Å². The summed E-state index contributed by atoms with van der Waals surface area (Å²) in [4.78, 5) is 7.34. The number of benzene rings is 1. The van der Waals surface area contributed by atoms with Gasteiger partial charge in [-0.05, 0) is 24.1 Å². The number of hydrogen-bond donors (Lipinski definition) is 2. The van der Waals surface area contributed by atoms with Crippen LogP contribution in [0.2, 0.25) is 5.02 Å². The van der Waals surface area contributed by atoms with E-state index in [2.05, 4.69) is 16.9 Å². The highest BCUT2D eigenvalue weighted by atomic mass is 35.5. The van der Waals surface area contributed by atoms with Gasteiger partial charge in [0.25, 0.3) is 0 Å². The average molecular weight is 282 g/mol. The largest absolute Gasteiger partial charge is 0.340 e. The Bertz CT molecular complexity index is 469. The van der Waals surface area contributed by atoms with Crippen molar-refractivity contribution in [2.45, 2.75) is 29.8 Å². The van der Waals surface area contributed by atoms with Gasteiger partial charge in [-0.1, -0.05) is 42.4 Å². The van der Waals surface area contributed by atoms with Crippen molar-refractivity contribution in [3.63, 3.8) is 0 Å². The summed E-state index contributed by atoms with van der Waals surface area (Å²) in [6.07, 6.45) is 4.48. The van der Waals surface area contributed by atoms with E-state index in [1.54, 1.807) is 18.0 Å². The van der Waals surface area contributed by atoms with Crippen molar-refractivity contribution in [1.29, 1.82) is 0 Å². The van der Waals surface area contributed by atoms with Gasteiger partial charge < -0.3 is 10.7 Å². The first kappa shape index (κ1) is 13.5. The fraction of sp³-hybridized carbons (Fsp3) is 0.308. The molecule has 0 aliphatic carbocycles. The van der Waals surface area contributed by atoms with E-state index in [4.69, 9.17) is 17.3 Å². The number of aromatic amines is 1. The van der Waals surface area contributed by atoms with Crippen LogP contribution in [0.15, 0.2) is 41.8 Å². The number of nitrogens with one attached hydrogen (secondary N) is 1. The van der Waals surface area contributed by atoms with Gasteiger partial charge in [0, 0.05) is 23.5 Å². The van der Waals surface area contributed by atoms with Crippen LogP contribution in [0, 0.1) is 0 Å². The van der Waals surface area contributed by atoms with Crippen LogP contribution in [-0.4, -0.2) is 16.0 Å². The molecule has 2 aromatic rings.